The molecule has 274 valence electrons. The Kier molecular flexibility index (Phi) is 18.8. The van der Waals surface area contributed by atoms with Gasteiger partial charge in [-0.05, 0) is 62.6 Å². The van der Waals surface area contributed by atoms with Gasteiger partial charge >= 0.3 is 0 Å². The second-order valence-corrected chi connectivity index (χ2v) is 13.6. The van der Waals surface area contributed by atoms with Crippen LogP contribution < -0.4 is 44.6 Å². The molecule has 0 bridgehead atoms. The lowest BCUT2D eigenvalue weighted by Crippen LogP contribution is -2.46. The normalized spacial score (nSPS) is 13.0. The van der Waals surface area contributed by atoms with E-state index in [1.807, 2.05) is 42.5 Å². The molecule has 3 rings (SSSR count). The molecule has 3 aromatic rings. The Morgan fingerprint density at radius 2 is 1.25 bits per heavy atom. The highest BCUT2D eigenvalue weighted by molar-refractivity contribution is 7.37. The van der Waals surface area contributed by atoms with Crippen molar-refractivity contribution in [3.05, 3.63) is 157 Å². The molecule has 9 nitrogen and oxygen atoms in total. The second-order valence-electron chi connectivity index (χ2n) is 12.6. The van der Waals surface area contributed by atoms with Gasteiger partial charge in [0.1, 0.15) is 0 Å². The average Bonchev–Trinajstić information content (AvgIpc) is 3.10. The van der Waals surface area contributed by atoms with Crippen molar-refractivity contribution in [3.63, 3.8) is 0 Å². The largest absolute Gasteiger partial charge is 0.399 e. The van der Waals surface area contributed by atoms with E-state index in [0.717, 1.165) is 62.2 Å². The van der Waals surface area contributed by atoms with Crippen LogP contribution in [-0.4, -0.2) is 49.5 Å². The smallest absolute Gasteiger partial charge is 0.185 e. The molecule has 0 aliphatic carbocycles. The molecule has 0 aliphatic heterocycles. The van der Waals surface area contributed by atoms with Crippen LogP contribution in [0.2, 0.25) is 0 Å². The molecule has 0 aromatic heterocycles. The number of nitrogens with zero attached hydrogens (tertiary/aromatic N) is 1. The van der Waals surface area contributed by atoms with Crippen molar-refractivity contribution in [1.82, 2.24) is 16.0 Å². The molecule has 0 spiro atoms. The Balaban J connectivity index is 0.000000770. The first kappa shape index (κ1) is 42.2. The van der Waals surface area contributed by atoms with Crippen LogP contribution in [0, 0.1) is 0 Å². The third kappa shape index (κ3) is 16.1. The number of guanidine groups is 1. The molecule has 0 saturated carbocycles. The first-order valence-corrected chi connectivity index (χ1v) is 18.9. The summed E-state index contributed by atoms with van der Waals surface area (Å²) < 4.78 is 0. The third-order valence-corrected chi connectivity index (χ3v) is 9.07. The second kappa shape index (κ2) is 22.7. The minimum atomic E-state index is -0.256. The first-order valence-electron chi connectivity index (χ1n) is 17.2. The van der Waals surface area contributed by atoms with E-state index in [4.69, 9.17) is 28.7 Å². The number of nitrogen functional groups attached to an aromatic ring is 1. The summed E-state index contributed by atoms with van der Waals surface area (Å²) in [5, 5.41) is 10.8. The molecule has 0 heterocycles. The topological polar surface area (TPSA) is 179 Å². The highest BCUT2D eigenvalue weighted by Gasteiger charge is 2.22. The summed E-state index contributed by atoms with van der Waals surface area (Å²) in [7, 11) is 0.825. The van der Waals surface area contributed by atoms with Crippen LogP contribution in [0.1, 0.15) is 36.5 Å². The fourth-order valence-corrected chi connectivity index (χ4v) is 6.01. The van der Waals surface area contributed by atoms with Gasteiger partial charge in [0.25, 0.3) is 0 Å². The zero-order chi connectivity index (χ0) is 37.8. The molecule has 51 heavy (non-hydrogen) atoms. The van der Waals surface area contributed by atoms with Gasteiger partial charge in [0.05, 0.1) is 12.1 Å². The lowest BCUT2D eigenvalue weighted by molar-refractivity contribution is 0.482. The molecular weight excluding hydrogens is 649 g/mol. The van der Waals surface area contributed by atoms with E-state index >= 15 is 0 Å². The fraction of sp³-hybridized carbons (Fsp3) is 0.293. The Morgan fingerprint density at radius 1 is 0.725 bits per heavy atom. The van der Waals surface area contributed by atoms with E-state index in [1.54, 1.807) is 6.07 Å². The highest BCUT2D eigenvalue weighted by atomic mass is 31.1. The van der Waals surface area contributed by atoms with Crippen LogP contribution in [0.4, 0.5) is 5.69 Å². The molecule has 13 N–H and O–H groups in total. The summed E-state index contributed by atoms with van der Waals surface area (Å²) in [6.45, 7) is 25.8. The van der Waals surface area contributed by atoms with Crippen LogP contribution >= 0.6 is 8.58 Å². The summed E-state index contributed by atoms with van der Waals surface area (Å²) in [4.78, 5) is 4.15. The van der Waals surface area contributed by atoms with Crippen LogP contribution in [-0.2, 0) is 12.8 Å². The van der Waals surface area contributed by atoms with E-state index < -0.39 is 0 Å². The Morgan fingerprint density at radius 3 is 1.78 bits per heavy atom. The van der Waals surface area contributed by atoms with Crippen molar-refractivity contribution in [2.45, 2.75) is 56.8 Å². The molecule has 3 aromatic carbocycles. The summed E-state index contributed by atoms with van der Waals surface area (Å²) in [5.41, 5.74) is 36.7. The van der Waals surface area contributed by atoms with Gasteiger partial charge in [-0.15, -0.1) is 8.58 Å². The molecular formula is C41H60N9P. The van der Waals surface area contributed by atoms with Crippen LogP contribution in [0.15, 0.2) is 145 Å². The predicted molar refractivity (Wildman–Crippen MR) is 224 cm³/mol. The minimum Gasteiger partial charge on any atom is -0.399 e. The quantitative estimate of drug-likeness (QED) is 0.0182. The van der Waals surface area contributed by atoms with Gasteiger partial charge in [0.15, 0.2) is 5.96 Å². The summed E-state index contributed by atoms with van der Waals surface area (Å²) >= 11 is 0. The maximum atomic E-state index is 6.55. The van der Waals surface area contributed by atoms with Crippen LogP contribution in [0.3, 0.4) is 0 Å². The monoisotopic (exact) mass is 709 g/mol. The molecule has 0 aliphatic rings. The van der Waals surface area contributed by atoms with Gasteiger partial charge in [-0.25, -0.2) is 0 Å². The van der Waals surface area contributed by atoms with Crippen molar-refractivity contribution < 1.29 is 0 Å². The molecule has 0 radical (unpaired) electrons. The lowest BCUT2D eigenvalue weighted by Gasteiger charge is -2.32. The molecule has 10 heteroatoms. The van der Waals surface area contributed by atoms with Gasteiger partial charge in [0.2, 0.25) is 0 Å². The van der Waals surface area contributed by atoms with Gasteiger partial charge < -0.3 is 44.6 Å². The maximum Gasteiger partial charge on any atom is 0.185 e. The number of anilines is 1. The number of hydrogen-bond donors (Lipinski definition) is 8. The number of nitrogens with two attached hydrogens (primary N) is 5. The van der Waals surface area contributed by atoms with E-state index in [-0.39, 0.29) is 30.1 Å². The van der Waals surface area contributed by atoms with Crippen molar-refractivity contribution in [2.24, 2.45) is 27.9 Å². The van der Waals surface area contributed by atoms with Gasteiger partial charge in [-0.3, -0.25) is 4.99 Å². The van der Waals surface area contributed by atoms with Crippen LogP contribution in [0.5, 0.6) is 0 Å². The van der Waals surface area contributed by atoms with Crippen LogP contribution in [0.25, 0.3) is 5.70 Å². The first-order chi connectivity index (χ1) is 24.3. The fourth-order valence-electron chi connectivity index (χ4n) is 5.25. The zero-order valence-corrected chi connectivity index (χ0v) is 31.5. The maximum absolute atomic E-state index is 6.55. The summed E-state index contributed by atoms with van der Waals surface area (Å²) in [5.74, 6) is 0.0883. The number of para-hydroxylation sites is 1. The van der Waals surface area contributed by atoms with Crippen molar-refractivity contribution in [1.29, 1.82) is 0 Å². The molecule has 4 unspecified atom stereocenters. The SMILES string of the molecule is C=C(N)c1ccccc1N.C=C(NC(CCCN=C(N)N)C(=C)NC(Cc1ccccc1)C(=C)N[C@@H](C)C(=C)CPC)C(N)Cc1ccccc1. The Hall–Kier alpha value is -4.98. The molecule has 0 amide bonds. The number of hydrogen-bond acceptors (Lipinski definition) is 7. The molecule has 0 fully saturated rings. The van der Waals surface area contributed by atoms with E-state index in [2.05, 4.69) is 104 Å². The predicted octanol–water partition coefficient (Wildman–Crippen LogP) is 5.35. The minimum absolute atomic E-state index is 0.0883. The number of aliphatic imine (C=N–C) groups is 1. The van der Waals surface area contributed by atoms with E-state index in [0.29, 0.717) is 24.4 Å². The van der Waals surface area contributed by atoms with Crippen molar-refractivity contribution in [2.75, 3.05) is 25.1 Å². The van der Waals surface area contributed by atoms with Crippen molar-refractivity contribution in [3.8, 4) is 0 Å². The number of benzene rings is 3. The molecule has 5 atom stereocenters. The average molecular weight is 710 g/mol. The highest BCUT2D eigenvalue weighted by Crippen LogP contribution is 2.18. The summed E-state index contributed by atoms with van der Waals surface area (Å²) in [6.07, 6.45) is 3.93. The van der Waals surface area contributed by atoms with Crippen molar-refractivity contribution >= 4 is 25.9 Å². The molecule has 0 saturated heterocycles. The Labute approximate surface area is 308 Å². The van der Waals surface area contributed by atoms with E-state index in [9.17, 15) is 0 Å². The van der Waals surface area contributed by atoms with Gasteiger partial charge in [-0.2, -0.15) is 0 Å². The third-order valence-electron chi connectivity index (χ3n) is 8.26. The van der Waals surface area contributed by atoms with Gasteiger partial charge in [0, 0.05) is 52.7 Å². The summed E-state index contributed by atoms with van der Waals surface area (Å²) in [6, 6.07) is 27.6. The van der Waals surface area contributed by atoms with Gasteiger partial charge in [-0.1, -0.05) is 117 Å². The number of nitrogens with one attached hydrogen (secondary N) is 3. The Bertz CT molecular complexity index is 1580. The lowest BCUT2D eigenvalue weighted by atomic mass is 9.99. The standard InChI is InChI=1S/C33H50N7P.C8H10N2/c1-23(22-41-6)24(2)38-27(5)32(21-29-16-11-8-12-17-29)40-26(4)31(18-13-19-37-33(35)36)39-25(3)30(34)20-28-14-9-7-10-15-28;1-6(9)7-4-2-3-5-8(7)10/h7-12,14-17,24,30-32,38-41H,1,3-5,13,18-22,34H2,2,6H3,(H4,35,36,37);2-5H,1,9-10H2/t24-,30?,31?,32?;/m0./s1. The number of rotatable bonds is 21. The zero-order valence-electron chi connectivity index (χ0n) is 30.5. The van der Waals surface area contributed by atoms with E-state index in [1.165, 1.54) is 11.1 Å².